The van der Waals surface area contributed by atoms with E-state index < -0.39 is 0 Å². The van der Waals surface area contributed by atoms with Gasteiger partial charge in [-0.05, 0) is 30.4 Å². The highest BCUT2D eigenvalue weighted by molar-refractivity contribution is 6.29. The Labute approximate surface area is 65.0 Å². The molecule has 0 radical (unpaired) electrons. The Kier molecular flexibility index (Phi) is 1.38. The van der Waals surface area contributed by atoms with E-state index in [1.54, 1.807) is 0 Å². The molecular weight excluding hydrogens is 146 g/mol. The Balaban J connectivity index is 2.28. The molecule has 1 aromatic rings. The average Bonchev–Trinajstić information content (AvgIpc) is 2.71. The van der Waals surface area contributed by atoms with Crippen LogP contribution in [0.3, 0.4) is 0 Å². The van der Waals surface area contributed by atoms with E-state index in [4.69, 9.17) is 11.6 Å². The summed E-state index contributed by atoms with van der Waals surface area (Å²) in [4.78, 5) is 4.01. The third-order valence-electron chi connectivity index (χ3n) is 1.80. The molecule has 0 N–H and O–H groups in total. The van der Waals surface area contributed by atoms with E-state index in [0.717, 1.165) is 5.92 Å². The molecule has 1 aromatic heterocycles. The van der Waals surface area contributed by atoms with Gasteiger partial charge in [-0.1, -0.05) is 17.7 Å². The van der Waals surface area contributed by atoms with Gasteiger partial charge in [0.2, 0.25) is 0 Å². The van der Waals surface area contributed by atoms with Crippen LogP contribution in [0, 0.1) is 0 Å². The molecule has 0 spiro atoms. The minimum Gasteiger partial charge on any atom is -0.244 e. The molecule has 52 valence electrons. The molecule has 0 aliphatic heterocycles. The maximum absolute atomic E-state index is 5.63. The zero-order chi connectivity index (χ0) is 6.97. The van der Waals surface area contributed by atoms with Crippen LogP contribution in [0.1, 0.15) is 24.3 Å². The molecule has 1 saturated carbocycles. The fraction of sp³-hybridized carbons (Fsp3) is 0.375. The van der Waals surface area contributed by atoms with Crippen molar-refractivity contribution in [3.63, 3.8) is 0 Å². The molecule has 2 heteroatoms. The molecule has 0 atom stereocenters. The van der Waals surface area contributed by atoms with Crippen molar-refractivity contribution in [3.05, 3.63) is 29.0 Å². The summed E-state index contributed by atoms with van der Waals surface area (Å²) in [6.45, 7) is 0. The molecule has 0 saturated heterocycles. The van der Waals surface area contributed by atoms with E-state index in [-0.39, 0.29) is 0 Å². The Hall–Kier alpha value is -0.560. The van der Waals surface area contributed by atoms with Crippen LogP contribution in [0.15, 0.2) is 18.3 Å². The van der Waals surface area contributed by atoms with E-state index in [2.05, 4.69) is 11.1 Å². The van der Waals surface area contributed by atoms with Crippen LogP contribution in [-0.2, 0) is 0 Å². The molecule has 1 nitrogen and oxygen atoms in total. The van der Waals surface area contributed by atoms with Gasteiger partial charge in [-0.2, -0.15) is 0 Å². The van der Waals surface area contributed by atoms with Crippen LogP contribution >= 0.6 is 11.6 Å². The zero-order valence-electron chi connectivity index (χ0n) is 5.55. The topological polar surface area (TPSA) is 12.9 Å². The summed E-state index contributed by atoms with van der Waals surface area (Å²) in [6, 6.07) is 3.92. The number of hydrogen-bond donors (Lipinski definition) is 0. The fourth-order valence-corrected chi connectivity index (χ4v) is 1.16. The summed E-state index contributed by atoms with van der Waals surface area (Å²) < 4.78 is 0. The van der Waals surface area contributed by atoms with Gasteiger partial charge in [-0.25, -0.2) is 4.98 Å². The number of halogens is 1. The standard InChI is InChI=1S/C8H8ClN/c9-8-4-3-7(5-10-8)6-1-2-6/h3-6H,1-2H2. The second-order valence-corrected chi connectivity index (χ2v) is 3.08. The summed E-state index contributed by atoms with van der Waals surface area (Å²) in [5.74, 6) is 0.782. The quantitative estimate of drug-likeness (QED) is 0.566. The number of pyridine rings is 1. The molecule has 1 fully saturated rings. The minimum absolute atomic E-state index is 0.587. The van der Waals surface area contributed by atoms with E-state index in [9.17, 15) is 0 Å². The van der Waals surface area contributed by atoms with Gasteiger partial charge in [-0.3, -0.25) is 0 Å². The Bertz CT molecular complexity index is 226. The average molecular weight is 154 g/mol. The minimum atomic E-state index is 0.587. The first kappa shape index (κ1) is 6.17. The van der Waals surface area contributed by atoms with Crippen molar-refractivity contribution >= 4 is 11.6 Å². The maximum atomic E-state index is 5.63. The molecule has 0 aromatic carbocycles. The lowest BCUT2D eigenvalue weighted by Crippen LogP contribution is -1.80. The highest BCUT2D eigenvalue weighted by Crippen LogP contribution is 2.39. The van der Waals surface area contributed by atoms with Crippen LogP contribution in [0.5, 0.6) is 0 Å². The van der Waals surface area contributed by atoms with Gasteiger partial charge in [0.05, 0.1) is 0 Å². The summed E-state index contributed by atoms with van der Waals surface area (Å²) in [5.41, 5.74) is 1.34. The maximum Gasteiger partial charge on any atom is 0.129 e. The Morgan fingerprint density at radius 3 is 2.70 bits per heavy atom. The van der Waals surface area contributed by atoms with Crippen molar-refractivity contribution in [3.8, 4) is 0 Å². The van der Waals surface area contributed by atoms with Gasteiger partial charge in [0.1, 0.15) is 5.15 Å². The van der Waals surface area contributed by atoms with Gasteiger partial charge in [0.25, 0.3) is 0 Å². The van der Waals surface area contributed by atoms with Crippen LogP contribution in [0.2, 0.25) is 5.15 Å². The Morgan fingerprint density at radius 2 is 2.20 bits per heavy atom. The van der Waals surface area contributed by atoms with E-state index in [1.165, 1.54) is 18.4 Å². The molecule has 0 amide bonds. The largest absolute Gasteiger partial charge is 0.244 e. The first-order valence-electron chi connectivity index (χ1n) is 3.48. The highest BCUT2D eigenvalue weighted by atomic mass is 35.5. The number of nitrogens with zero attached hydrogens (tertiary/aromatic N) is 1. The summed E-state index contributed by atoms with van der Waals surface area (Å²) in [7, 11) is 0. The third kappa shape index (κ3) is 1.14. The van der Waals surface area contributed by atoms with Crippen molar-refractivity contribution in [2.45, 2.75) is 18.8 Å². The summed E-state index contributed by atoms with van der Waals surface area (Å²) >= 11 is 5.63. The normalized spacial score (nSPS) is 17.3. The molecular formula is C8H8ClN. The van der Waals surface area contributed by atoms with E-state index in [1.807, 2.05) is 12.3 Å². The van der Waals surface area contributed by atoms with Crippen molar-refractivity contribution in [1.82, 2.24) is 4.98 Å². The SMILES string of the molecule is Clc1ccc(C2CC2)cn1. The molecule has 0 unspecified atom stereocenters. The fourth-order valence-electron chi connectivity index (χ4n) is 1.05. The van der Waals surface area contributed by atoms with Gasteiger partial charge >= 0.3 is 0 Å². The molecule has 1 heterocycles. The smallest absolute Gasteiger partial charge is 0.129 e. The second kappa shape index (κ2) is 2.24. The van der Waals surface area contributed by atoms with Crippen molar-refractivity contribution in [1.29, 1.82) is 0 Å². The first-order valence-corrected chi connectivity index (χ1v) is 3.85. The van der Waals surface area contributed by atoms with Crippen LogP contribution in [0.4, 0.5) is 0 Å². The van der Waals surface area contributed by atoms with E-state index >= 15 is 0 Å². The molecule has 1 aliphatic rings. The van der Waals surface area contributed by atoms with Crippen LogP contribution in [0.25, 0.3) is 0 Å². The zero-order valence-corrected chi connectivity index (χ0v) is 6.30. The van der Waals surface area contributed by atoms with Crippen LogP contribution in [-0.4, -0.2) is 4.98 Å². The van der Waals surface area contributed by atoms with Gasteiger partial charge in [0.15, 0.2) is 0 Å². The van der Waals surface area contributed by atoms with Crippen molar-refractivity contribution < 1.29 is 0 Å². The van der Waals surface area contributed by atoms with Gasteiger partial charge in [0, 0.05) is 6.20 Å². The lowest BCUT2D eigenvalue weighted by atomic mass is 10.2. The summed E-state index contributed by atoms with van der Waals surface area (Å²) in [5, 5.41) is 0.587. The first-order chi connectivity index (χ1) is 4.86. The lowest BCUT2D eigenvalue weighted by molar-refractivity contribution is 1.09. The summed E-state index contributed by atoms with van der Waals surface area (Å²) in [6.07, 6.45) is 4.52. The Morgan fingerprint density at radius 1 is 1.40 bits per heavy atom. The molecule has 0 bridgehead atoms. The lowest BCUT2D eigenvalue weighted by Gasteiger charge is -1.94. The molecule has 2 rings (SSSR count). The van der Waals surface area contributed by atoms with Crippen LogP contribution < -0.4 is 0 Å². The van der Waals surface area contributed by atoms with Gasteiger partial charge in [-0.15, -0.1) is 0 Å². The number of aromatic nitrogens is 1. The van der Waals surface area contributed by atoms with E-state index in [0.29, 0.717) is 5.15 Å². The third-order valence-corrected chi connectivity index (χ3v) is 2.02. The predicted octanol–water partition coefficient (Wildman–Crippen LogP) is 2.61. The number of hydrogen-bond acceptors (Lipinski definition) is 1. The molecule has 10 heavy (non-hydrogen) atoms. The highest BCUT2D eigenvalue weighted by Gasteiger charge is 2.23. The molecule has 1 aliphatic carbocycles. The van der Waals surface area contributed by atoms with Crippen molar-refractivity contribution in [2.24, 2.45) is 0 Å². The van der Waals surface area contributed by atoms with Gasteiger partial charge < -0.3 is 0 Å². The monoisotopic (exact) mass is 153 g/mol. The predicted molar refractivity (Wildman–Crippen MR) is 41.2 cm³/mol. The second-order valence-electron chi connectivity index (χ2n) is 2.69. The number of rotatable bonds is 1. The van der Waals surface area contributed by atoms with Crippen molar-refractivity contribution in [2.75, 3.05) is 0 Å².